The van der Waals surface area contributed by atoms with Crippen molar-refractivity contribution in [2.75, 3.05) is 27.0 Å². The van der Waals surface area contributed by atoms with Crippen LogP contribution in [0, 0.1) is 0 Å². The van der Waals surface area contributed by atoms with E-state index in [9.17, 15) is 0 Å². The van der Waals surface area contributed by atoms with Crippen LogP contribution < -0.4 is 15.2 Å². The van der Waals surface area contributed by atoms with E-state index in [1.54, 1.807) is 14.2 Å². The third-order valence-electron chi connectivity index (χ3n) is 3.38. The van der Waals surface area contributed by atoms with Crippen LogP contribution in [-0.4, -0.2) is 26.2 Å². The van der Waals surface area contributed by atoms with Crippen molar-refractivity contribution in [3.8, 4) is 11.5 Å². The maximum absolute atomic E-state index is 6.06. The number of nitrogens with two attached hydrogens (primary N) is 1. The summed E-state index contributed by atoms with van der Waals surface area (Å²) in [5.41, 5.74) is 9.12. The van der Waals surface area contributed by atoms with Crippen molar-refractivity contribution >= 4 is 5.69 Å². The number of methoxy groups -OCH3 is 2. The van der Waals surface area contributed by atoms with Gasteiger partial charge in [-0.15, -0.1) is 0 Å². The molecule has 2 aromatic rings. The molecular formula is C17H22N2O2. The first-order valence-corrected chi connectivity index (χ1v) is 6.86. The van der Waals surface area contributed by atoms with Gasteiger partial charge in [-0.05, 0) is 36.4 Å². The van der Waals surface area contributed by atoms with Crippen LogP contribution >= 0.6 is 0 Å². The molecule has 0 aliphatic heterocycles. The highest BCUT2D eigenvalue weighted by atomic mass is 16.5. The number of rotatable bonds is 6. The van der Waals surface area contributed by atoms with Crippen LogP contribution in [0.2, 0.25) is 0 Å². The second-order valence-electron chi connectivity index (χ2n) is 5.09. The maximum atomic E-state index is 6.06. The molecule has 0 atom stereocenters. The molecule has 2 rings (SSSR count). The lowest BCUT2D eigenvalue weighted by molar-refractivity contribution is 0.318. The third kappa shape index (κ3) is 4.13. The monoisotopic (exact) mass is 286 g/mol. The molecule has 2 aromatic carbocycles. The van der Waals surface area contributed by atoms with Crippen LogP contribution in [0.25, 0.3) is 0 Å². The Morgan fingerprint density at radius 1 is 0.952 bits per heavy atom. The lowest BCUT2D eigenvalue weighted by Crippen LogP contribution is -2.18. The predicted molar refractivity (Wildman–Crippen MR) is 85.6 cm³/mol. The van der Waals surface area contributed by atoms with Gasteiger partial charge in [0.2, 0.25) is 0 Å². The third-order valence-corrected chi connectivity index (χ3v) is 3.38. The van der Waals surface area contributed by atoms with E-state index in [2.05, 4.69) is 18.0 Å². The molecule has 2 N–H and O–H groups in total. The fourth-order valence-corrected chi connectivity index (χ4v) is 2.27. The number of nitrogen functional groups attached to an aromatic ring is 1. The van der Waals surface area contributed by atoms with Gasteiger partial charge in [0, 0.05) is 24.8 Å². The number of benzene rings is 2. The molecule has 4 nitrogen and oxygen atoms in total. The molecule has 0 bridgehead atoms. The smallest absolute Gasteiger partial charge is 0.120 e. The molecule has 112 valence electrons. The average molecular weight is 286 g/mol. The van der Waals surface area contributed by atoms with Crippen LogP contribution in [0.3, 0.4) is 0 Å². The molecule has 0 heterocycles. The summed E-state index contributed by atoms with van der Waals surface area (Å²) in [7, 11) is 5.40. The quantitative estimate of drug-likeness (QED) is 0.829. The van der Waals surface area contributed by atoms with Gasteiger partial charge in [-0.25, -0.2) is 0 Å². The van der Waals surface area contributed by atoms with Gasteiger partial charge >= 0.3 is 0 Å². The van der Waals surface area contributed by atoms with Gasteiger partial charge in [-0.2, -0.15) is 0 Å². The summed E-state index contributed by atoms with van der Waals surface area (Å²) in [5, 5.41) is 0. The van der Waals surface area contributed by atoms with E-state index in [0.29, 0.717) is 0 Å². The summed E-state index contributed by atoms with van der Waals surface area (Å²) in [6, 6.07) is 13.9. The van der Waals surface area contributed by atoms with E-state index < -0.39 is 0 Å². The SMILES string of the molecule is COc1cccc(CN(C)Cc2ccc(OC)cc2N)c1. The van der Waals surface area contributed by atoms with Gasteiger partial charge < -0.3 is 15.2 Å². The van der Waals surface area contributed by atoms with Crippen molar-refractivity contribution < 1.29 is 9.47 Å². The van der Waals surface area contributed by atoms with Crippen molar-refractivity contribution in [3.05, 3.63) is 53.6 Å². The Hall–Kier alpha value is -2.20. The molecule has 0 aromatic heterocycles. The fraction of sp³-hybridized carbons (Fsp3) is 0.294. The Morgan fingerprint density at radius 2 is 1.67 bits per heavy atom. The summed E-state index contributed by atoms with van der Waals surface area (Å²) in [6.07, 6.45) is 0. The van der Waals surface area contributed by atoms with Crippen molar-refractivity contribution in [2.24, 2.45) is 0 Å². The highest BCUT2D eigenvalue weighted by molar-refractivity contribution is 5.51. The van der Waals surface area contributed by atoms with E-state index in [4.69, 9.17) is 15.2 Å². The second-order valence-corrected chi connectivity index (χ2v) is 5.09. The Kier molecular flexibility index (Phi) is 5.06. The topological polar surface area (TPSA) is 47.7 Å². The molecule has 0 fully saturated rings. The Balaban J connectivity index is 2.02. The molecule has 4 heteroatoms. The molecule has 0 saturated heterocycles. The molecule has 0 spiro atoms. The summed E-state index contributed by atoms with van der Waals surface area (Å²) in [5.74, 6) is 1.66. The number of ether oxygens (including phenoxy) is 2. The molecular weight excluding hydrogens is 264 g/mol. The number of hydrogen-bond acceptors (Lipinski definition) is 4. The molecule has 0 aliphatic rings. The lowest BCUT2D eigenvalue weighted by atomic mass is 10.1. The van der Waals surface area contributed by atoms with Gasteiger partial charge in [0.25, 0.3) is 0 Å². The molecule has 0 radical (unpaired) electrons. The summed E-state index contributed by atoms with van der Waals surface area (Å²) >= 11 is 0. The maximum Gasteiger partial charge on any atom is 0.120 e. The highest BCUT2D eigenvalue weighted by Gasteiger charge is 2.06. The molecule has 0 aliphatic carbocycles. The average Bonchev–Trinajstić information content (AvgIpc) is 2.49. The molecule has 0 amide bonds. The Bertz CT molecular complexity index is 599. The lowest BCUT2D eigenvalue weighted by Gasteiger charge is -2.18. The molecule has 0 unspecified atom stereocenters. The van der Waals surface area contributed by atoms with Gasteiger partial charge in [-0.3, -0.25) is 4.90 Å². The van der Waals surface area contributed by atoms with Crippen molar-refractivity contribution in [3.63, 3.8) is 0 Å². The first-order valence-electron chi connectivity index (χ1n) is 6.86. The van der Waals surface area contributed by atoms with E-state index in [1.165, 1.54) is 5.56 Å². The number of hydrogen-bond donors (Lipinski definition) is 1. The van der Waals surface area contributed by atoms with E-state index in [1.807, 2.05) is 36.4 Å². The van der Waals surface area contributed by atoms with Crippen molar-refractivity contribution in [2.45, 2.75) is 13.1 Å². The number of nitrogens with zero attached hydrogens (tertiary/aromatic N) is 1. The Labute approximate surface area is 126 Å². The van der Waals surface area contributed by atoms with E-state index in [0.717, 1.165) is 35.8 Å². The predicted octanol–water partition coefficient (Wildman–Crippen LogP) is 2.92. The standard InChI is InChI=1S/C17H22N2O2/c1-19(11-13-5-4-6-15(9-13)20-2)12-14-7-8-16(21-3)10-17(14)18/h4-10H,11-12,18H2,1-3H3. The zero-order chi connectivity index (χ0) is 15.2. The molecule has 21 heavy (non-hydrogen) atoms. The first-order chi connectivity index (χ1) is 10.1. The number of anilines is 1. The fourth-order valence-electron chi connectivity index (χ4n) is 2.27. The summed E-state index contributed by atoms with van der Waals surface area (Å²) in [6.45, 7) is 1.62. The van der Waals surface area contributed by atoms with Crippen molar-refractivity contribution in [1.29, 1.82) is 0 Å². The minimum absolute atomic E-state index is 0.756. The molecule has 0 saturated carbocycles. The van der Waals surface area contributed by atoms with Gasteiger partial charge in [0.05, 0.1) is 14.2 Å². The van der Waals surface area contributed by atoms with E-state index >= 15 is 0 Å². The first kappa shape index (κ1) is 15.2. The minimum atomic E-state index is 0.756. The van der Waals surface area contributed by atoms with Crippen LogP contribution in [0.15, 0.2) is 42.5 Å². The normalized spacial score (nSPS) is 10.7. The van der Waals surface area contributed by atoms with Gasteiger partial charge in [0.15, 0.2) is 0 Å². The largest absolute Gasteiger partial charge is 0.497 e. The summed E-state index contributed by atoms with van der Waals surface area (Å²) in [4.78, 5) is 2.22. The van der Waals surface area contributed by atoms with Crippen LogP contribution in [0.5, 0.6) is 11.5 Å². The second kappa shape index (κ2) is 6.99. The summed E-state index contributed by atoms with van der Waals surface area (Å²) < 4.78 is 10.4. The van der Waals surface area contributed by atoms with Crippen molar-refractivity contribution in [1.82, 2.24) is 4.90 Å². The highest BCUT2D eigenvalue weighted by Crippen LogP contribution is 2.21. The van der Waals surface area contributed by atoms with Crippen LogP contribution in [0.1, 0.15) is 11.1 Å². The van der Waals surface area contributed by atoms with Gasteiger partial charge in [0.1, 0.15) is 11.5 Å². The van der Waals surface area contributed by atoms with E-state index in [-0.39, 0.29) is 0 Å². The Morgan fingerprint density at radius 3 is 2.33 bits per heavy atom. The van der Waals surface area contributed by atoms with Crippen LogP contribution in [0.4, 0.5) is 5.69 Å². The minimum Gasteiger partial charge on any atom is -0.497 e. The van der Waals surface area contributed by atoms with Gasteiger partial charge in [-0.1, -0.05) is 18.2 Å². The van der Waals surface area contributed by atoms with Crippen LogP contribution in [-0.2, 0) is 13.1 Å². The zero-order valence-corrected chi connectivity index (χ0v) is 12.8. The zero-order valence-electron chi connectivity index (χ0n) is 12.8.